The Bertz CT molecular complexity index is 507. The molecular weight excluding hydrogens is 292 g/mol. The summed E-state index contributed by atoms with van der Waals surface area (Å²) >= 11 is 0. The summed E-state index contributed by atoms with van der Waals surface area (Å²) in [6.45, 7) is 10.2. The quantitative estimate of drug-likeness (QED) is 0.670. The average molecular weight is 320 g/mol. The Kier molecular flexibility index (Phi) is 6.19. The van der Waals surface area contributed by atoms with E-state index < -0.39 is 0 Å². The third-order valence-corrected chi connectivity index (χ3v) is 4.25. The van der Waals surface area contributed by atoms with Crippen LogP contribution in [0.25, 0.3) is 0 Å². The molecule has 128 valence electrons. The van der Waals surface area contributed by atoms with Crippen LogP contribution in [0.5, 0.6) is 0 Å². The molecule has 1 aliphatic carbocycles. The summed E-state index contributed by atoms with van der Waals surface area (Å²) in [4.78, 5) is 12.0. The van der Waals surface area contributed by atoms with E-state index in [1.54, 1.807) is 0 Å². The van der Waals surface area contributed by atoms with Crippen molar-refractivity contribution in [2.45, 2.75) is 46.8 Å². The molecule has 0 N–H and O–H groups in total. The minimum atomic E-state index is -0.249. The number of carbonyl (C=O) groups is 1. The van der Waals surface area contributed by atoms with Crippen molar-refractivity contribution >= 4 is 5.97 Å². The number of ether oxygens (including phenoxy) is 3. The van der Waals surface area contributed by atoms with Crippen LogP contribution in [0, 0.1) is 11.3 Å². The largest absolute Gasteiger partial charge is 0.462 e. The smallest absolute Gasteiger partial charge is 0.338 e. The fourth-order valence-corrected chi connectivity index (χ4v) is 2.89. The minimum Gasteiger partial charge on any atom is -0.462 e. The predicted octanol–water partition coefficient (Wildman–Crippen LogP) is 3.79. The van der Waals surface area contributed by atoms with Crippen molar-refractivity contribution in [1.82, 2.24) is 0 Å². The molecule has 23 heavy (non-hydrogen) atoms. The van der Waals surface area contributed by atoms with Gasteiger partial charge in [-0.05, 0) is 36.8 Å². The zero-order valence-electron chi connectivity index (χ0n) is 14.6. The van der Waals surface area contributed by atoms with E-state index in [-0.39, 0.29) is 17.7 Å². The SMILES string of the molecule is CCOC(=O)C1=CC=C/C1=C\C(C)(C)CCC(C)C1OCCO1. The highest BCUT2D eigenvalue weighted by Gasteiger charge is 2.26. The van der Waals surface area contributed by atoms with E-state index in [0.29, 0.717) is 31.3 Å². The van der Waals surface area contributed by atoms with E-state index in [0.717, 1.165) is 18.4 Å². The number of esters is 1. The number of allylic oxidation sites excluding steroid dienone is 4. The second-order valence-electron chi connectivity index (χ2n) is 6.87. The summed E-state index contributed by atoms with van der Waals surface area (Å²) in [6, 6.07) is 0. The number of carbonyl (C=O) groups excluding carboxylic acids is 1. The van der Waals surface area contributed by atoms with E-state index in [4.69, 9.17) is 14.2 Å². The van der Waals surface area contributed by atoms with Gasteiger partial charge in [0.2, 0.25) is 0 Å². The molecule has 2 aliphatic rings. The van der Waals surface area contributed by atoms with Gasteiger partial charge in [-0.3, -0.25) is 0 Å². The Morgan fingerprint density at radius 3 is 2.78 bits per heavy atom. The Labute approximate surface area is 139 Å². The van der Waals surface area contributed by atoms with E-state index in [2.05, 4.69) is 26.8 Å². The minimum absolute atomic E-state index is 0.0114. The van der Waals surface area contributed by atoms with Crippen LogP contribution in [0.4, 0.5) is 0 Å². The summed E-state index contributed by atoms with van der Waals surface area (Å²) in [5.74, 6) is 0.120. The van der Waals surface area contributed by atoms with Gasteiger partial charge in [0.15, 0.2) is 6.29 Å². The predicted molar refractivity (Wildman–Crippen MR) is 89.8 cm³/mol. The zero-order chi connectivity index (χ0) is 16.9. The van der Waals surface area contributed by atoms with Gasteiger partial charge in [0.05, 0.1) is 25.4 Å². The summed E-state index contributed by atoms with van der Waals surface area (Å²) in [6.07, 6.45) is 9.82. The van der Waals surface area contributed by atoms with Gasteiger partial charge >= 0.3 is 5.97 Å². The van der Waals surface area contributed by atoms with E-state index >= 15 is 0 Å². The van der Waals surface area contributed by atoms with Crippen molar-refractivity contribution in [2.24, 2.45) is 11.3 Å². The molecule has 0 spiro atoms. The normalized spacial score (nSPS) is 21.7. The molecular formula is C19H28O4. The highest BCUT2D eigenvalue weighted by molar-refractivity contribution is 5.96. The maximum Gasteiger partial charge on any atom is 0.338 e. The van der Waals surface area contributed by atoms with Crippen molar-refractivity contribution in [3.05, 3.63) is 35.5 Å². The molecule has 4 heteroatoms. The molecule has 0 aromatic rings. The zero-order valence-corrected chi connectivity index (χ0v) is 14.6. The van der Waals surface area contributed by atoms with Gasteiger partial charge in [0.1, 0.15) is 0 Å². The molecule has 1 atom stereocenters. The number of hydrogen-bond acceptors (Lipinski definition) is 4. The first-order chi connectivity index (χ1) is 10.9. The van der Waals surface area contributed by atoms with Gasteiger partial charge in [0.25, 0.3) is 0 Å². The second kappa shape index (κ2) is 7.93. The first-order valence-electron chi connectivity index (χ1n) is 8.45. The molecule has 1 saturated heterocycles. The highest BCUT2D eigenvalue weighted by atomic mass is 16.7. The molecule has 0 saturated carbocycles. The monoisotopic (exact) mass is 320 g/mol. The molecule has 0 bridgehead atoms. The molecule has 2 rings (SSSR count). The fourth-order valence-electron chi connectivity index (χ4n) is 2.89. The Hall–Kier alpha value is -1.39. The van der Waals surface area contributed by atoms with Gasteiger partial charge in [-0.1, -0.05) is 39.0 Å². The van der Waals surface area contributed by atoms with Crippen LogP contribution in [0.2, 0.25) is 0 Å². The van der Waals surface area contributed by atoms with Gasteiger partial charge in [-0.15, -0.1) is 0 Å². The number of rotatable bonds is 7. The molecule has 1 unspecified atom stereocenters. The van der Waals surface area contributed by atoms with Crippen LogP contribution < -0.4 is 0 Å². The lowest BCUT2D eigenvalue weighted by Gasteiger charge is -2.25. The third-order valence-electron chi connectivity index (χ3n) is 4.25. The lowest BCUT2D eigenvalue weighted by molar-refractivity contribution is -0.138. The van der Waals surface area contributed by atoms with Crippen molar-refractivity contribution in [2.75, 3.05) is 19.8 Å². The molecule has 1 aliphatic heterocycles. The second-order valence-corrected chi connectivity index (χ2v) is 6.87. The molecule has 0 amide bonds. The maximum absolute atomic E-state index is 12.0. The van der Waals surface area contributed by atoms with Crippen LogP contribution in [-0.2, 0) is 19.0 Å². The summed E-state index contributed by atoms with van der Waals surface area (Å²) in [5.41, 5.74) is 1.59. The van der Waals surface area contributed by atoms with Crippen LogP contribution in [0.15, 0.2) is 35.5 Å². The van der Waals surface area contributed by atoms with Crippen LogP contribution in [-0.4, -0.2) is 32.1 Å². The van der Waals surface area contributed by atoms with E-state index in [1.807, 2.05) is 25.2 Å². The summed E-state index contributed by atoms with van der Waals surface area (Å²) in [7, 11) is 0. The van der Waals surface area contributed by atoms with Crippen molar-refractivity contribution in [1.29, 1.82) is 0 Å². The third kappa shape index (κ3) is 5.05. The van der Waals surface area contributed by atoms with E-state index in [9.17, 15) is 4.79 Å². The maximum atomic E-state index is 12.0. The molecule has 0 aromatic carbocycles. The molecule has 1 fully saturated rings. The summed E-state index contributed by atoms with van der Waals surface area (Å²) in [5, 5.41) is 0. The lowest BCUT2D eigenvalue weighted by atomic mass is 9.82. The first kappa shape index (κ1) is 18.0. The Balaban J connectivity index is 1.94. The first-order valence-corrected chi connectivity index (χ1v) is 8.45. The van der Waals surface area contributed by atoms with Crippen molar-refractivity contribution < 1.29 is 19.0 Å². The van der Waals surface area contributed by atoms with E-state index in [1.165, 1.54) is 0 Å². The topological polar surface area (TPSA) is 44.8 Å². The fraction of sp³-hybridized carbons (Fsp3) is 0.632. The van der Waals surface area contributed by atoms with Crippen LogP contribution in [0.1, 0.15) is 40.5 Å². The van der Waals surface area contributed by atoms with Crippen LogP contribution >= 0.6 is 0 Å². The van der Waals surface area contributed by atoms with Crippen molar-refractivity contribution in [3.63, 3.8) is 0 Å². The summed E-state index contributed by atoms with van der Waals surface area (Å²) < 4.78 is 16.3. The van der Waals surface area contributed by atoms with Gasteiger partial charge in [-0.2, -0.15) is 0 Å². The average Bonchev–Trinajstić information content (AvgIpc) is 3.16. The standard InChI is InChI=1S/C19H28O4/c1-5-21-17(20)16-8-6-7-15(16)13-19(3,4)10-9-14(2)18-22-11-12-23-18/h6-8,13-14,18H,5,9-12H2,1-4H3/b15-13+. The van der Waals surface area contributed by atoms with Gasteiger partial charge in [-0.25, -0.2) is 4.79 Å². The Morgan fingerprint density at radius 1 is 1.43 bits per heavy atom. The molecule has 0 aromatic heterocycles. The Morgan fingerprint density at radius 2 is 2.13 bits per heavy atom. The molecule has 4 nitrogen and oxygen atoms in total. The molecule has 0 radical (unpaired) electrons. The van der Waals surface area contributed by atoms with Gasteiger partial charge < -0.3 is 14.2 Å². The van der Waals surface area contributed by atoms with Gasteiger partial charge in [0, 0.05) is 5.92 Å². The molecule has 1 heterocycles. The van der Waals surface area contributed by atoms with Crippen LogP contribution in [0.3, 0.4) is 0 Å². The lowest BCUT2D eigenvalue weighted by Crippen LogP contribution is -2.21. The number of hydrogen-bond donors (Lipinski definition) is 0. The van der Waals surface area contributed by atoms with Crippen molar-refractivity contribution in [3.8, 4) is 0 Å². The highest BCUT2D eigenvalue weighted by Crippen LogP contribution is 2.33.